The van der Waals surface area contributed by atoms with Crippen molar-refractivity contribution in [3.05, 3.63) is 6.07 Å². The molecule has 1 heterocycles. The SMILES string of the molecule is CNc1cc(NC2CCCC(C)C2C)nc(N)n1. The van der Waals surface area contributed by atoms with Crippen LogP contribution in [-0.2, 0) is 0 Å². The lowest BCUT2D eigenvalue weighted by Crippen LogP contribution is -2.35. The number of hydrogen-bond acceptors (Lipinski definition) is 5. The molecule has 0 amide bonds. The maximum absolute atomic E-state index is 5.70. The molecule has 5 heteroatoms. The molecule has 0 bridgehead atoms. The van der Waals surface area contributed by atoms with Gasteiger partial charge in [-0.2, -0.15) is 9.97 Å². The number of hydrogen-bond donors (Lipinski definition) is 3. The van der Waals surface area contributed by atoms with Gasteiger partial charge in [0.2, 0.25) is 5.95 Å². The van der Waals surface area contributed by atoms with Gasteiger partial charge in [-0.1, -0.05) is 26.7 Å². The summed E-state index contributed by atoms with van der Waals surface area (Å²) in [6.45, 7) is 4.64. The van der Waals surface area contributed by atoms with E-state index >= 15 is 0 Å². The number of anilines is 3. The van der Waals surface area contributed by atoms with Crippen LogP contribution in [0.15, 0.2) is 6.07 Å². The van der Waals surface area contributed by atoms with E-state index in [1.807, 2.05) is 13.1 Å². The normalized spacial score (nSPS) is 27.8. The van der Waals surface area contributed by atoms with Crippen molar-refractivity contribution in [2.24, 2.45) is 11.8 Å². The molecule has 1 aliphatic carbocycles. The molecule has 0 spiro atoms. The van der Waals surface area contributed by atoms with Crippen LogP contribution in [0.1, 0.15) is 33.1 Å². The Morgan fingerprint density at radius 3 is 2.67 bits per heavy atom. The minimum absolute atomic E-state index is 0.306. The van der Waals surface area contributed by atoms with Crippen LogP contribution in [0.4, 0.5) is 17.6 Å². The van der Waals surface area contributed by atoms with Crippen molar-refractivity contribution in [1.29, 1.82) is 0 Å². The lowest BCUT2D eigenvalue weighted by molar-refractivity contribution is 0.253. The fourth-order valence-corrected chi connectivity index (χ4v) is 2.64. The smallest absolute Gasteiger partial charge is 0.223 e. The van der Waals surface area contributed by atoms with Gasteiger partial charge in [0.15, 0.2) is 0 Å². The summed E-state index contributed by atoms with van der Waals surface area (Å²) in [6.07, 6.45) is 3.81. The number of nitrogen functional groups attached to an aromatic ring is 1. The third kappa shape index (κ3) is 2.83. The Morgan fingerprint density at radius 2 is 1.94 bits per heavy atom. The van der Waals surface area contributed by atoms with Gasteiger partial charge in [-0.3, -0.25) is 0 Å². The van der Waals surface area contributed by atoms with Crippen LogP contribution >= 0.6 is 0 Å². The highest BCUT2D eigenvalue weighted by Gasteiger charge is 2.27. The highest BCUT2D eigenvalue weighted by molar-refractivity contribution is 5.51. The lowest BCUT2D eigenvalue weighted by atomic mass is 9.78. The van der Waals surface area contributed by atoms with Gasteiger partial charge in [-0.15, -0.1) is 0 Å². The molecule has 0 aliphatic heterocycles. The van der Waals surface area contributed by atoms with Gasteiger partial charge in [0.25, 0.3) is 0 Å². The van der Waals surface area contributed by atoms with Gasteiger partial charge in [-0.25, -0.2) is 0 Å². The van der Waals surface area contributed by atoms with E-state index in [1.165, 1.54) is 19.3 Å². The molecule has 18 heavy (non-hydrogen) atoms. The summed E-state index contributed by atoms with van der Waals surface area (Å²) in [5.41, 5.74) is 5.70. The van der Waals surface area contributed by atoms with Crippen LogP contribution in [0.3, 0.4) is 0 Å². The quantitative estimate of drug-likeness (QED) is 0.766. The van der Waals surface area contributed by atoms with Crippen LogP contribution in [0.25, 0.3) is 0 Å². The standard InChI is InChI=1S/C13H23N5/c1-8-5-4-6-10(9(8)2)16-12-7-11(15-3)17-13(14)18-12/h7-10H,4-6H2,1-3H3,(H4,14,15,16,17,18). The predicted molar refractivity (Wildman–Crippen MR) is 75.6 cm³/mol. The first-order chi connectivity index (χ1) is 8.60. The largest absolute Gasteiger partial charge is 0.373 e. The third-order valence-electron chi connectivity index (χ3n) is 4.04. The van der Waals surface area contributed by atoms with E-state index in [2.05, 4.69) is 34.4 Å². The molecule has 4 N–H and O–H groups in total. The van der Waals surface area contributed by atoms with Crippen LogP contribution in [-0.4, -0.2) is 23.1 Å². The summed E-state index contributed by atoms with van der Waals surface area (Å²) in [5, 5.41) is 6.50. The molecule has 1 aromatic heterocycles. The number of rotatable bonds is 3. The Kier molecular flexibility index (Phi) is 3.89. The molecule has 1 aromatic rings. The highest BCUT2D eigenvalue weighted by atomic mass is 15.1. The zero-order chi connectivity index (χ0) is 13.1. The first-order valence-electron chi connectivity index (χ1n) is 6.69. The topological polar surface area (TPSA) is 75.9 Å². The number of nitrogens with two attached hydrogens (primary N) is 1. The summed E-state index contributed by atoms with van der Waals surface area (Å²) in [4.78, 5) is 8.35. The summed E-state index contributed by atoms with van der Waals surface area (Å²) in [5.74, 6) is 3.30. The van der Waals surface area contributed by atoms with Gasteiger partial charge in [-0.05, 0) is 18.3 Å². The van der Waals surface area contributed by atoms with E-state index in [9.17, 15) is 0 Å². The van der Waals surface area contributed by atoms with Crippen molar-refractivity contribution in [1.82, 2.24) is 9.97 Å². The van der Waals surface area contributed by atoms with E-state index < -0.39 is 0 Å². The van der Waals surface area contributed by atoms with Gasteiger partial charge in [0.05, 0.1) is 0 Å². The molecule has 3 atom stereocenters. The van der Waals surface area contributed by atoms with Crippen molar-refractivity contribution >= 4 is 17.6 Å². The van der Waals surface area contributed by atoms with Crippen molar-refractivity contribution in [2.75, 3.05) is 23.4 Å². The molecule has 0 aromatic carbocycles. The molecular weight excluding hydrogens is 226 g/mol. The third-order valence-corrected chi connectivity index (χ3v) is 4.04. The van der Waals surface area contributed by atoms with Gasteiger partial charge in [0, 0.05) is 19.2 Å². The first-order valence-corrected chi connectivity index (χ1v) is 6.69. The summed E-state index contributed by atoms with van der Waals surface area (Å²) < 4.78 is 0. The number of nitrogens with zero attached hydrogens (tertiary/aromatic N) is 2. The first kappa shape index (κ1) is 12.9. The van der Waals surface area contributed by atoms with E-state index in [1.54, 1.807) is 0 Å². The van der Waals surface area contributed by atoms with Crippen molar-refractivity contribution in [3.8, 4) is 0 Å². The van der Waals surface area contributed by atoms with Crippen LogP contribution in [0, 0.1) is 11.8 Å². The summed E-state index contributed by atoms with van der Waals surface area (Å²) in [6, 6.07) is 2.38. The fourth-order valence-electron chi connectivity index (χ4n) is 2.64. The van der Waals surface area contributed by atoms with Crippen molar-refractivity contribution < 1.29 is 0 Å². The number of aromatic nitrogens is 2. The fraction of sp³-hybridized carbons (Fsp3) is 0.692. The second kappa shape index (κ2) is 5.42. The molecule has 1 fully saturated rings. The van der Waals surface area contributed by atoms with Gasteiger partial charge < -0.3 is 16.4 Å². The second-order valence-corrected chi connectivity index (χ2v) is 5.26. The molecule has 3 unspecified atom stereocenters. The molecule has 1 saturated carbocycles. The Labute approximate surface area is 109 Å². The molecule has 0 saturated heterocycles. The van der Waals surface area contributed by atoms with Gasteiger partial charge in [0.1, 0.15) is 11.6 Å². The minimum atomic E-state index is 0.306. The maximum Gasteiger partial charge on any atom is 0.223 e. The minimum Gasteiger partial charge on any atom is -0.373 e. The molecular formula is C13H23N5. The van der Waals surface area contributed by atoms with E-state index in [0.29, 0.717) is 17.9 Å². The lowest BCUT2D eigenvalue weighted by Gasteiger charge is -2.34. The van der Waals surface area contributed by atoms with E-state index in [0.717, 1.165) is 17.6 Å². The monoisotopic (exact) mass is 249 g/mol. The average Bonchev–Trinajstić information content (AvgIpc) is 2.34. The molecule has 2 rings (SSSR count). The van der Waals surface area contributed by atoms with Gasteiger partial charge >= 0.3 is 0 Å². The summed E-state index contributed by atoms with van der Waals surface area (Å²) >= 11 is 0. The molecule has 0 radical (unpaired) electrons. The molecule has 1 aliphatic rings. The van der Waals surface area contributed by atoms with Crippen molar-refractivity contribution in [2.45, 2.75) is 39.2 Å². The second-order valence-electron chi connectivity index (χ2n) is 5.26. The van der Waals surface area contributed by atoms with Crippen LogP contribution < -0.4 is 16.4 Å². The van der Waals surface area contributed by atoms with E-state index in [4.69, 9.17) is 5.73 Å². The zero-order valence-corrected chi connectivity index (χ0v) is 11.4. The Morgan fingerprint density at radius 1 is 1.22 bits per heavy atom. The van der Waals surface area contributed by atoms with Crippen molar-refractivity contribution in [3.63, 3.8) is 0 Å². The zero-order valence-electron chi connectivity index (χ0n) is 11.4. The molecule has 100 valence electrons. The Hall–Kier alpha value is -1.52. The Balaban J connectivity index is 2.10. The molecule has 5 nitrogen and oxygen atoms in total. The Bertz CT molecular complexity index is 406. The summed E-state index contributed by atoms with van der Waals surface area (Å²) in [7, 11) is 1.83. The highest BCUT2D eigenvalue weighted by Crippen LogP contribution is 2.31. The van der Waals surface area contributed by atoms with Crippen LogP contribution in [0.2, 0.25) is 0 Å². The average molecular weight is 249 g/mol. The van der Waals surface area contributed by atoms with E-state index in [-0.39, 0.29) is 0 Å². The number of nitrogens with one attached hydrogen (secondary N) is 2. The maximum atomic E-state index is 5.70. The predicted octanol–water partition coefficient (Wildman–Crippen LogP) is 2.34. The van der Waals surface area contributed by atoms with Crippen LogP contribution in [0.5, 0.6) is 0 Å².